The van der Waals surface area contributed by atoms with Crippen molar-refractivity contribution in [1.29, 1.82) is 0 Å². The highest BCUT2D eigenvalue weighted by Crippen LogP contribution is 2.29. The fraction of sp³-hybridized carbons (Fsp3) is 0.125. The number of anilines is 2. The summed E-state index contributed by atoms with van der Waals surface area (Å²) in [6.07, 6.45) is 0. The highest BCUT2D eigenvalue weighted by molar-refractivity contribution is 8.00. The second kappa shape index (κ2) is 8.24. The van der Waals surface area contributed by atoms with Crippen LogP contribution < -0.4 is 10.6 Å². The number of carbonyl (C=O) groups excluding carboxylic acids is 2. The molecule has 6 nitrogen and oxygen atoms in total. The molecule has 0 aliphatic rings. The first-order valence-corrected chi connectivity index (χ1v) is 9.96. The number of rotatable bonds is 6. The molecule has 9 heteroatoms. The van der Waals surface area contributed by atoms with Gasteiger partial charge in [-0.05, 0) is 35.7 Å². The Morgan fingerprint density at radius 1 is 1.12 bits per heavy atom. The van der Waals surface area contributed by atoms with E-state index in [0.717, 1.165) is 10.1 Å². The first-order chi connectivity index (χ1) is 12.1. The fourth-order valence-electron chi connectivity index (χ4n) is 1.92. The highest BCUT2D eigenvalue weighted by Gasteiger charge is 2.11. The van der Waals surface area contributed by atoms with E-state index in [2.05, 4.69) is 26.9 Å². The smallest absolute Gasteiger partial charge is 0.257 e. The number of hydrogen-bond acceptors (Lipinski definition) is 7. The van der Waals surface area contributed by atoms with Crippen LogP contribution in [-0.4, -0.2) is 22.0 Å². The number of hydrogen-bond donors (Lipinski definition) is 2. The molecule has 2 heterocycles. The summed E-state index contributed by atoms with van der Waals surface area (Å²) in [5, 5.41) is 16.0. The summed E-state index contributed by atoms with van der Waals surface area (Å²) in [7, 11) is 0. The molecule has 128 valence electrons. The van der Waals surface area contributed by atoms with E-state index in [9.17, 15) is 9.59 Å². The molecule has 3 rings (SSSR count). The third kappa shape index (κ3) is 5.12. The lowest BCUT2D eigenvalue weighted by molar-refractivity contribution is -0.114. The summed E-state index contributed by atoms with van der Waals surface area (Å²) in [5.41, 5.74) is 1.13. The summed E-state index contributed by atoms with van der Waals surface area (Å²) >= 11 is 4.64. The molecule has 2 aromatic heterocycles. The largest absolute Gasteiger partial charge is 0.326 e. The Morgan fingerprint density at radius 2 is 1.92 bits per heavy atom. The van der Waals surface area contributed by atoms with Crippen molar-refractivity contribution < 1.29 is 9.59 Å². The molecule has 0 bridgehead atoms. The third-order valence-electron chi connectivity index (χ3n) is 3.01. The average Bonchev–Trinajstić information content (AvgIpc) is 3.24. The Labute approximate surface area is 156 Å². The van der Waals surface area contributed by atoms with Crippen molar-refractivity contribution in [2.24, 2.45) is 0 Å². The standard InChI is InChI=1S/C16H14N4O2S3/c1-10(21)17-12-6-4-11(5-7-12)14(22)18-15-19-20-16(25-15)24-9-13-3-2-8-23-13/h2-8H,9H2,1H3,(H,17,21)(H,18,19,22). The molecule has 0 aliphatic heterocycles. The van der Waals surface area contributed by atoms with Crippen LogP contribution in [0.3, 0.4) is 0 Å². The quantitative estimate of drug-likeness (QED) is 0.489. The van der Waals surface area contributed by atoms with Crippen LogP contribution in [0.2, 0.25) is 0 Å². The number of nitrogens with one attached hydrogen (secondary N) is 2. The van der Waals surface area contributed by atoms with E-state index < -0.39 is 0 Å². The summed E-state index contributed by atoms with van der Waals surface area (Å²) in [6, 6.07) is 10.7. The lowest BCUT2D eigenvalue weighted by Gasteiger charge is -2.04. The molecule has 0 atom stereocenters. The molecule has 0 saturated carbocycles. The molecule has 2 N–H and O–H groups in total. The Hall–Kier alpha value is -2.23. The molecule has 3 aromatic rings. The lowest BCUT2D eigenvalue weighted by Crippen LogP contribution is -2.12. The SMILES string of the molecule is CC(=O)Nc1ccc(C(=O)Nc2nnc(SCc3cccs3)s2)cc1. The molecule has 0 saturated heterocycles. The molecule has 2 amide bonds. The molecular formula is C16H14N4O2S3. The van der Waals surface area contributed by atoms with Gasteiger partial charge in [0.05, 0.1) is 0 Å². The van der Waals surface area contributed by atoms with Crippen LogP contribution in [-0.2, 0) is 10.5 Å². The van der Waals surface area contributed by atoms with Gasteiger partial charge in [0.1, 0.15) is 0 Å². The number of thioether (sulfide) groups is 1. The fourth-order valence-corrected chi connectivity index (χ4v) is 4.44. The number of amides is 2. The molecule has 0 spiro atoms. The molecule has 0 radical (unpaired) electrons. The van der Waals surface area contributed by atoms with E-state index in [0.29, 0.717) is 16.4 Å². The van der Waals surface area contributed by atoms with Gasteiger partial charge in [-0.15, -0.1) is 21.5 Å². The van der Waals surface area contributed by atoms with Crippen LogP contribution >= 0.6 is 34.4 Å². The Bertz CT molecular complexity index is 860. The Balaban J connectivity index is 1.56. The van der Waals surface area contributed by atoms with Gasteiger partial charge in [-0.25, -0.2) is 0 Å². The minimum atomic E-state index is -0.264. The van der Waals surface area contributed by atoms with Crippen LogP contribution in [0.15, 0.2) is 46.1 Å². The van der Waals surface area contributed by atoms with Crippen molar-refractivity contribution in [3.8, 4) is 0 Å². The molecular weight excluding hydrogens is 376 g/mol. The maximum absolute atomic E-state index is 12.2. The van der Waals surface area contributed by atoms with Gasteiger partial charge in [0.25, 0.3) is 5.91 Å². The highest BCUT2D eigenvalue weighted by atomic mass is 32.2. The van der Waals surface area contributed by atoms with Crippen molar-refractivity contribution >= 4 is 57.1 Å². The van der Waals surface area contributed by atoms with E-state index in [-0.39, 0.29) is 11.8 Å². The predicted molar refractivity (Wildman–Crippen MR) is 102 cm³/mol. The van der Waals surface area contributed by atoms with E-state index in [1.54, 1.807) is 47.4 Å². The van der Waals surface area contributed by atoms with Gasteiger partial charge in [-0.3, -0.25) is 14.9 Å². The van der Waals surface area contributed by atoms with Gasteiger partial charge >= 0.3 is 0 Å². The Kier molecular flexibility index (Phi) is 5.79. The minimum Gasteiger partial charge on any atom is -0.326 e. The van der Waals surface area contributed by atoms with Crippen molar-refractivity contribution in [2.45, 2.75) is 17.0 Å². The second-order valence-electron chi connectivity index (χ2n) is 4.95. The van der Waals surface area contributed by atoms with Gasteiger partial charge in [-0.1, -0.05) is 29.2 Å². The van der Waals surface area contributed by atoms with E-state index in [1.165, 1.54) is 23.1 Å². The Morgan fingerprint density at radius 3 is 2.60 bits per heavy atom. The number of nitrogens with zero attached hydrogens (tertiary/aromatic N) is 2. The zero-order chi connectivity index (χ0) is 17.6. The van der Waals surface area contributed by atoms with E-state index in [1.807, 2.05) is 11.4 Å². The summed E-state index contributed by atoms with van der Waals surface area (Å²) in [6.45, 7) is 1.43. The van der Waals surface area contributed by atoms with Gasteiger partial charge in [0.2, 0.25) is 11.0 Å². The number of benzene rings is 1. The maximum atomic E-state index is 12.2. The van der Waals surface area contributed by atoms with Crippen LogP contribution in [0.5, 0.6) is 0 Å². The van der Waals surface area contributed by atoms with Crippen LogP contribution in [0.4, 0.5) is 10.8 Å². The average molecular weight is 391 g/mol. The number of thiophene rings is 1. The first-order valence-electron chi connectivity index (χ1n) is 7.28. The third-order valence-corrected chi connectivity index (χ3v) is 6.09. The lowest BCUT2D eigenvalue weighted by atomic mass is 10.2. The van der Waals surface area contributed by atoms with Crippen molar-refractivity contribution in [3.05, 3.63) is 52.2 Å². The predicted octanol–water partition coefficient (Wildman–Crippen LogP) is 4.10. The summed E-state index contributed by atoms with van der Waals surface area (Å²) in [5.74, 6) is 0.421. The van der Waals surface area contributed by atoms with Gasteiger partial charge in [0, 0.05) is 28.8 Å². The second-order valence-corrected chi connectivity index (χ2v) is 8.19. The molecule has 1 aromatic carbocycles. The zero-order valence-electron chi connectivity index (χ0n) is 13.2. The van der Waals surface area contributed by atoms with Crippen LogP contribution in [0, 0.1) is 0 Å². The molecule has 0 fully saturated rings. The topological polar surface area (TPSA) is 84.0 Å². The zero-order valence-corrected chi connectivity index (χ0v) is 15.6. The molecule has 0 unspecified atom stereocenters. The summed E-state index contributed by atoms with van der Waals surface area (Å²) < 4.78 is 0.810. The van der Waals surface area contributed by atoms with E-state index >= 15 is 0 Å². The van der Waals surface area contributed by atoms with Crippen molar-refractivity contribution in [3.63, 3.8) is 0 Å². The normalized spacial score (nSPS) is 10.4. The van der Waals surface area contributed by atoms with Crippen LogP contribution in [0.25, 0.3) is 0 Å². The van der Waals surface area contributed by atoms with Crippen LogP contribution in [0.1, 0.15) is 22.2 Å². The molecule has 0 aliphatic carbocycles. The monoisotopic (exact) mass is 390 g/mol. The minimum absolute atomic E-state index is 0.154. The summed E-state index contributed by atoms with van der Waals surface area (Å²) in [4.78, 5) is 24.5. The van der Waals surface area contributed by atoms with Gasteiger partial charge in [-0.2, -0.15) is 0 Å². The van der Waals surface area contributed by atoms with Crippen molar-refractivity contribution in [1.82, 2.24) is 10.2 Å². The van der Waals surface area contributed by atoms with E-state index in [4.69, 9.17) is 0 Å². The maximum Gasteiger partial charge on any atom is 0.257 e. The number of carbonyl (C=O) groups is 2. The van der Waals surface area contributed by atoms with Crippen molar-refractivity contribution in [2.75, 3.05) is 10.6 Å². The first kappa shape index (κ1) is 17.6. The van der Waals surface area contributed by atoms with Gasteiger partial charge in [0.15, 0.2) is 4.34 Å². The van der Waals surface area contributed by atoms with Gasteiger partial charge < -0.3 is 5.32 Å². The molecule has 25 heavy (non-hydrogen) atoms. The number of aromatic nitrogens is 2.